The van der Waals surface area contributed by atoms with Gasteiger partial charge in [0, 0.05) is 11.0 Å². The molecule has 5 nitrogen and oxygen atoms in total. The maximum atomic E-state index is 5.28. The second kappa shape index (κ2) is 5.51. The highest BCUT2D eigenvalue weighted by Gasteiger charge is 2.01. The van der Waals surface area contributed by atoms with Crippen molar-refractivity contribution in [3.8, 4) is 5.75 Å². The Morgan fingerprint density at radius 2 is 2.00 bits per heavy atom. The van der Waals surface area contributed by atoms with E-state index in [9.17, 15) is 0 Å². The molecule has 0 bridgehead atoms. The summed E-state index contributed by atoms with van der Waals surface area (Å²) >= 11 is 1.53. The standard InChI is InChI=1S/C11H12N4OS/c1-16-8-2-4-9(5-3-8)17-11-6-10(15-12)13-7-14-11/h2-7H,12H2,1H3,(H,13,14,15). The Bertz CT molecular complexity index is 489. The van der Waals surface area contributed by atoms with E-state index in [2.05, 4.69) is 15.4 Å². The fraction of sp³-hybridized carbons (Fsp3) is 0.0909. The van der Waals surface area contributed by atoms with E-state index < -0.39 is 0 Å². The van der Waals surface area contributed by atoms with Crippen LogP contribution >= 0.6 is 11.8 Å². The van der Waals surface area contributed by atoms with Gasteiger partial charge in [-0.15, -0.1) is 0 Å². The number of anilines is 1. The van der Waals surface area contributed by atoms with Crippen molar-refractivity contribution in [2.75, 3.05) is 12.5 Å². The summed E-state index contributed by atoms with van der Waals surface area (Å²) in [6, 6.07) is 9.55. The predicted octanol–water partition coefficient (Wildman–Crippen LogP) is 1.92. The van der Waals surface area contributed by atoms with Crippen LogP contribution in [0.25, 0.3) is 0 Å². The first-order valence-electron chi connectivity index (χ1n) is 4.92. The minimum atomic E-state index is 0.594. The van der Waals surface area contributed by atoms with Crippen molar-refractivity contribution in [2.45, 2.75) is 9.92 Å². The van der Waals surface area contributed by atoms with Gasteiger partial charge in [-0.25, -0.2) is 15.8 Å². The third-order valence-electron chi connectivity index (χ3n) is 2.07. The molecule has 0 fully saturated rings. The Labute approximate surface area is 103 Å². The summed E-state index contributed by atoms with van der Waals surface area (Å²) in [5.74, 6) is 6.71. The Hall–Kier alpha value is -1.79. The van der Waals surface area contributed by atoms with Crippen molar-refractivity contribution in [3.63, 3.8) is 0 Å². The highest BCUT2D eigenvalue weighted by Crippen LogP contribution is 2.27. The molecule has 0 spiro atoms. The van der Waals surface area contributed by atoms with Gasteiger partial charge in [0.1, 0.15) is 22.9 Å². The van der Waals surface area contributed by atoms with Gasteiger partial charge in [-0.1, -0.05) is 11.8 Å². The summed E-state index contributed by atoms with van der Waals surface area (Å²) < 4.78 is 5.09. The van der Waals surface area contributed by atoms with E-state index in [-0.39, 0.29) is 0 Å². The van der Waals surface area contributed by atoms with Crippen molar-refractivity contribution < 1.29 is 4.74 Å². The molecule has 0 aliphatic carbocycles. The minimum Gasteiger partial charge on any atom is -0.497 e. The molecule has 0 aliphatic rings. The van der Waals surface area contributed by atoms with Crippen molar-refractivity contribution in [3.05, 3.63) is 36.7 Å². The Morgan fingerprint density at radius 3 is 2.65 bits per heavy atom. The lowest BCUT2D eigenvalue weighted by Crippen LogP contribution is -2.08. The molecule has 0 atom stereocenters. The zero-order valence-corrected chi connectivity index (χ0v) is 10.1. The molecular formula is C11H12N4OS. The number of nitrogen functional groups attached to an aromatic ring is 1. The van der Waals surface area contributed by atoms with E-state index in [4.69, 9.17) is 10.6 Å². The number of ether oxygens (including phenoxy) is 1. The lowest BCUT2D eigenvalue weighted by atomic mass is 10.3. The van der Waals surface area contributed by atoms with E-state index in [0.29, 0.717) is 5.82 Å². The molecule has 0 saturated heterocycles. The average Bonchev–Trinajstić information content (AvgIpc) is 2.40. The van der Waals surface area contributed by atoms with Gasteiger partial charge >= 0.3 is 0 Å². The SMILES string of the molecule is COc1ccc(Sc2cc(NN)ncn2)cc1. The van der Waals surface area contributed by atoms with Crippen LogP contribution in [0.1, 0.15) is 0 Å². The van der Waals surface area contributed by atoms with E-state index in [1.54, 1.807) is 13.2 Å². The molecule has 88 valence electrons. The van der Waals surface area contributed by atoms with E-state index in [1.165, 1.54) is 18.1 Å². The predicted molar refractivity (Wildman–Crippen MR) is 67.0 cm³/mol. The number of aromatic nitrogens is 2. The quantitative estimate of drug-likeness (QED) is 0.489. The molecule has 1 aromatic carbocycles. The lowest BCUT2D eigenvalue weighted by molar-refractivity contribution is 0.414. The van der Waals surface area contributed by atoms with Crippen molar-refractivity contribution in [2.24, 2.45) is 5.84 Å². The fourth-order valence-electron chi connectivity index (χ4n) is 1.24. The molecular weight excluding hydrogens is 236 g/mol. The average molecular weight is 248 g/mol. The van der Waals surface area contributed by atoms with E-state index >= 15 is 0 Å². The first kappa shape index (κ1) is 11.7. The smallest absolute Gasteiger partial charge is 0.144 e. The lowest BCUT2D eigenvalue weighted by Gasteiger charge is -2.04. The molecule has 1 heterocycles. The van der Waals surface area contributed by atoms with Gasteiger partial charge in [0.15, 0.2) is 0 Å². The van der Waals surface area contributed by atoms with Crippen LogP contribution in [0.4, 0.5) is 5.82 Å². The van der Waals surface area contributed by atoms with Crippen LogP contribution in [0.5, 0.6) is 5.75 Å². The normalized spacial score (nSPS) is 10.0. The van der Waals surface area contributed by atoms with Gasteiger partial charge in [-0.05, 0) is 24.3 Å². The van der Waals surface area contributed by atoms with Gasteiger partial charge < -0.3 is 10.2 Å². The van der Waals surface area contributed by atoms with Crippen molar-refractivity contribution >= 4 is 17.6 Å². The number of nitrogens with zero attached hydrogens (tertiary/aromatic N) is 2. The Morgan fingerprint density at radius 1 is 1.24 bits per heavy atom. The van der Waals surface area contributed by atoms with Gasteiger partial charge in [0.2, 0.25) is 0 Å². The Kier molecular flexibility index (Phi) is 3.79. The van der Waals surface area contributed by atoms with Crippen LogP contribution in [0.3, 0.4) is 0 Å². The molecule has 2 aromatic rings. The van der Waals surface area contributed by atoms with Crippen LogP contribution < -0.4 is 16.0 Å². The monoisotopic (exact) mass is 248 g/mol. The molecule has 3 N–H and O–H groups in total. The number of benzene rings is 1. The Balaban J connectivity index is 2.13. The number of nitrogens with one attached hydrogen (secondary N) is 1. The van der Waals surface area contributed by atoms with Crippen LogP contribution in [0, 0.1) is 0 Å². The zero-order chi connectivity index (χ0) is 12.1. The molecule has 1 aromatic heterocycles. The number of hydrogen-bond donors (Lipinski definition) is 2. The minimum absolute atomic E-state index is 0.594. The summed E-state index contributed by atoms with van der Waals surface area (Å²) in [5, 5.41) is 0.832. The summed E-state index contributed by atoms with van der Waals surface area (Å²) in [6.45, 7) is 0. The molecule has 0 unspecified atom stereocenters. The maximum Gasteiger partial charge on any atom is 0.144 e. The number of methoxy groups -OCH3 is 1. The topological polar surface area (TPSA) is 73.1 Å². The molecule has 2 rings (SSSR count). The first-order valence-corrected chi connectivity index (χ1v) is 5.74. The number of nitrogens with two attached hydrogens (primary N) is 1. The van der Waals surface area contributed by atoms with Crippen molar-refractivity contribution in [1.29, 1.82) is 0 Å². The van der Waals surface area contributed by atoms with Crippen LogP contribution in [-0.2, 0) is 0 Å². The molecule has 0 radical (unpaired) electrons. The van der Waals surface area contributed by atoms with Crippen molar-refractivity contribution in [1.82, 2.24) is 9.97 Å². The molecule has 0 aliphatic heterocycles. The van der Waals surface area contributed by atoms with Gasteiger partial charge in [0.05, 0.1) is 7.11 Å². The van der Waals surface area contributed by atoms with Crippen LogP contribution in [0.2, 0.25) is 0 Å². The second-order valence-electron chi connectivity index (χ2n) is 3.16. The highest BCUT2D eigenvalue weighted by molar-refractivity contribution is 7.99. The molecule has 0 saturated carbocycles. The summed E-state index contributed by atoms with van der Waals surface area (Å²) in [6.07, 6.45) is 1.47. The van der Waals surface area contributed by atoms with Crippen LogP contribution in [0.15, 0.2) is 46.6 Å². The molecule has 0 amide bonds. The fourth-order valence-corrected chi connectivity index (χ4v) is 2.02. The number of hydrazine groups is 1. The third-order valence-corrected chi connectivity index (χ3v) is 3.01. The summed E-state index contributed by atoms with van der Waals surface area (Å²) in [4.78, 5) is 9.17. The van der Waals surface area contributed by atoms with E-state index in [1.807, 2.05) is 24.3 Å². The van der Waals surface area contributed by atoms with Gasteiger partial charge in [0.25, 0.3) is 0 Å². The van der Waals surface area contributed by atoms with Gasteiger partial charge in [-0.2, -0.15) is 0 Å². The third kappa shape index (κ3) is 3.08. The largest absolute Gasteiger partial charge is 0.497 e. The second-order valence-corrected chi connectivity index (χ2v) is 4.26. The van der Waals surface area contributed by atoms with E-state index in [0.717, 1.165) is 15.7 Å². The summed E-state index contributed by atoms with van der Waals surface area (Å²) in [7, 11) is 1.64. The number of rotatable bonds is 4. The summed E-state index contributed by atoms with van der Waals surface area (Å²) in [5.41, 5.74) is 2.49. The van der Waals surface area contributed by atoms with Crippen LogP contribution in [-0.4, -0.2) is 17.1 Å². The molecule has 17 heavy (non-hydrogen) atoms. The van der Waals surface area contributed by atoms with Gasteiger partial charge in [-0.3, -0.25) is 0 Å². The number of hydrogen-bond acceptors (Lipinski definition) is 6. The first-order chi connectivity index (χ1) is 8.31. The molecule has 6 heteroatoms. The maximum absolute atomic E-state index is 5.28. The zero-order valence-electron chi connectivity index (χ0n) is 9.25. The highest BCUT2D eigenvalue weighted by atomic mass is 32.2.